The first-order chi connectivity index (χ1) is 27.8. The Morgan fingerprint density at radius 3 is 1.57 bits per heavy atom. The zero-order valence-electron chi connectivity index (χ0n) is 30.3. The van der Waals surface area contributed by atoms with Crippen LogP contribution in [0.5, 0.6) is 0 Å². The molecule has 0 saturated carbocycles. The summed E-state index contributed by atoms with van der Waals surface area (Å²) in [5.41, 5.74) is 11.6. The maximum Gasteiger partial charge on any atom is 0.165 e. The molecular formula is C52H32N4. The van der Waals surface area contributed by atoms with Gasteiger partial charge in [0.15, 0.2) is 5.82 Å². The van der Waals surface area contributed by atoms with Crippen molar-refractivity contribution in [1.82, 2.24) is 19.1 Å². The van der Waals surface area contributed by atoms with Gasteiger partial charge in [0, 0.05) is 32.8 Å². The van der Waals surface area contributed by atoms with Gasteiger partial charge in [-0.2, -0.15) is 0 Å². The van der Waals surface area contributed by atoms with Crippen LogP contribution < -0.4 is 0 Å². The van der Waals surface area contributed by atoms with E-state index in [1.165, 1.54) is 65.3 Å². The Balaban J connectivity index is 1.16. The normalized spacial score (nSPS) is 11.9. The maximum absolute atomic E-state index is 5.43. The van der Waals surface area contributed by atoms with Crippen LogP contribution in [0.25, 0.3) is 110 Å². The van der Waals surface area contributed by atoms with Crippen molar-refractivity contribution in [1.29, 1.82) is 0 Å². The van der Waals surface area contributed by atoms with Gasteiger partial charge in [-0.3, -0.25) is 4.57 Å². The first-order valence-electron chi connectivity index (χ1n) is 19.1. The molecule has 0 amide bonds. The third-order valence-corrected chi connectivity index (χ3v) is 11.5. The van der Waals surface area contributed by atoms with Gasteiger partial charge in [0.2, 0.25) is 0 Å². The Bertz CT molecular complexity index is 3520. The minimum atomic E-state index is 0.808. The number of hydrogen-bond donors (Lipinski definition) is 0. The predicted octanol–water partition coefficient (Wildman–Crippen LogP) is 13.5. The number of rotatable bonds is 4. The maximum atomic E-state index is 5.43. The van der Waals surface area contributed by atoms with Gasteiger partial charge in [-0.25, -0.2) is 9.97 Å². The van der Waals surface area contributed by atoms with Crippen LogP contribution in [0.3, 0.4) is 0 Å². The molecule has 0 N–H and O–H groups in total. The summed E-state index contributed by atoms with van der Waals surface area (Å²) in [6.45, 7) is 0. The lowest BCUT2D eigenvalue weighted by atomic mass is 10.0. The smallest absolute Gasteiger partial charge is 0.165 e. The quantitative estimate of drug-likeness (QED) is 0.182. The second kappa shape index (κ2) is 12.0. The average Bonchev–Trinajstić information content (AvgIpc) is 3.79. The Labute approximate surface area is 322 Å². The van der Waals surface area contributed by atoms with E-state index in [1.54, 1.807) is 0 Å². The minimum Gasteiger partial charge on any atom is -0.309 e. The molecule has 0 atom stereocenters. The number of aromatic nitrogens is 4. The molecule has 56 heavy (non-hydrogen) atoms. The van der Waals surface area contributed by atoms with E-state index in [-0.39, 0.29) is 0 Å². The van der Waals surface area contributed by atoms with Gasteiger partial charge in [0.05, 0.1) is 33.1 Å². The van der Waals surface area contributed by atoms with Gasteiger partial charge in [-0.05, 0) is 81.2 Å². The predicted molar refractivity (Wildman–Crippen MR) is 234 cm³/mol. The molecule has 0 unspecified atom stereocenters. The van der Waals surface area contributed by atoms with Crippen molar-refractivity contribution in [3.8, 4) is 33.9 Å². The van der Waals surface area contributed by atoms with E-state index in [9.17, 15) is 0 Å². The van der Waals surface area contributed by atoms with Gasteiger partial charge in [0.1, 0.15) is 5.69 Å². The summed E-state index contributed by atoms with van der Waals surface area (Å²) in [7, 11) is 0. The molecule has 0 saturated heterocycles. The lowest BCUT2D eigenvalue weighted by Gasteiger charge is -2.14. The molecule has 4 nitrogen and oxygen atoms in total. The van der Waals surface area contributed by atoms with Crippen LogP contribution in [0, 0.1) is 0 Å². The zero-order valence-corrected chi connectivity index (χ0v) is 30.3. The zero-order chi connectivity index (χ0) is 36.7. The summed E-state index contributed by atoms with van der Waals surface area (Å²) in [5, 5.41) is 9.82. The van der Waals surface area contributed by atoms with Crippen molar-refractivity contribution < 1.29 is 0 Å². The summed E-state index contributed by atoms with van der Waals surface area (Å²) >= 11 is 0. The van der Waals surface area contributed by atoms with E-state index in [4.69, 9.17) is 9.97 Å². The summed E-state index contributed by atoms with van der Waals surface area (Å²) in [5.74, 6) is 0.808. The molecule has 0 spiro atoms. The Morgan fingerprint density at radius 2 is 0.839 bits per heavy atom. The third kappa shape index (κ3) is 4.53. The Hall–Kier alpha value is -7.56. The van der Waals surface area contributed by atoms with Crippen molar-refractivity contribution in [3.05, 3.63) is 194 Å². The second-order valence-electron chi connectivity index (χ2n) is 14.6. The number of benzene rings is 9. The van der Waals surface area contributed by atoms with Gasteiger partial charge in [-0.15, -0.1) is 0 Å². The van der Waals surface area contributed by atoms with Crippen LogP contribution in [0.1, 0.15) is 0 Å². The molecule has 12 rings (SSSR count). The summed E-state index contributed by atoms with van der Waals surface area (Å²) in [6, 6.07) is 69.6. The highest BCUT2D eigenvalue weighted by molar-refractivity contribution is 6.23. The summed E-state index contributed by atoms with van der Waals surface area (Å²) < 4.78 is 4.76. The Kier molecular flexibility index (Phi) is 6.60. The Morgan fingerprint density at radius 1 is 0.321 bits per heavy atom. The third-order valence-electron chi connectivity index (χ3n) is 11.5. The lowest BCUT2D eigenvalue weighted by Crippen LogP contribution is -2.04. The molecular weight excluding hydrogens is 681 g/mol. The van der Waals surface area contributed by atoms with E-state index in [0.29, 0.717) is 0 Å². The number of hydrogen-bond acceptors (Lipinski definition) is 2. The number of fused-ring (bicyclic) bond motifs is 11. The van der Waals surface area contributed by atoms with Crippen LogP contribution in [0.4, 0.5) is 0 Å². The van der Waals surface area contributed by atoms with E-state index >= 15 is 0 Å². The summed E-state index contributed by atoms with van der Waals surface area (Å²) in [4.78, 5) is 10.8. The van der Waals surface area contributed by atoms with Gasteiger partial charge in [-0.1, -0.05) is 146 Å². The molecule has 3 heterocycles. The van der Waals surface area contributed by atoms with Crippen LogP contribution in [0.2, 0.25) is 0 Å². The van der Waals surface area contributed by atoms with Crippen LogP contribution >= 0.6 is 0 Å². The van der Waals surface area contributed by atoms with E-state index in [2.05, 4.69) is 191 Å². The van der Waals surface area contributed by atoms with Gasteiger partial charge in [0.25, 0.3) is 0 Å². The van der Waals surface area contributed by atoms with E-state index < -0.39 is 0 Å². The van der Waals surface area contributed by atoms with E-state index in [0.717, 1.165) is 44.8 Å². The first kappa shape index (κ1) is 30.9. The van der Waals surface area contributed by atoms with Crippen LogP contribution in [0.15, 0.2) is 194 Å². The fourth-order valence-electron chi connectivity index (χ4n) is 8.95. The van der Waals surface area contributed by atoms with Crippen LogP contribution in [-0.4, -0.2) is 19.1 Å². The van der Waals surface area contributed by atoms with Crippen molar-refractivity contribution in [2.75, 3.05) is 0 Å². The monoisotopic (exact) mass is 712 g/mol. The topological polar surface area (TPSA) is 35.6 Å². The van der Waals surface area contributed by atoms with E-state index in [1.807, 2.05) is 12.1 Å². The molecule has 0 aliphatic heterocycles. The largest absolute Gasteiger partial charge is 0.309 e. The lowest BCUT2D eigenvalue weighted by molar-refractivity contribution is 1.08. The molecule has 0 bridgehead atoms. The van der Waals surface area contributed by atoms with Crippen molar-refractivity contribution >= 4 is 76.2 Å². The average molecular weight is 713 g/mol. The standard InChI is InChI=1S/C52H32N4/c1-2-12-33(13-3-1)34-22-24-37(25-23-34)51-52(54-44-20-10-9-19-43(44)53-51)56-46-31-28-38(32-42(46)50-40-17-7-5-15-36(40)27-30-48(50)56)55-45-21-11-8-18-41(45)49-39-16-6-4-14-35(39)26-29-47(49)55/h1-32H. The number of para-hydroxylation sites is 3. The second-order valence-corrected chi connectivity index (χ2v) is 14.6. The molecule has 0 radical (unpaired) electrons. The number of nitrogens with zero attached hydrogens (tertiary/aromatic N) is 4. The summed E-state index contributed by atoms with van der Waals surface area (Å²) in [6.07, 6.45) is 0. The fourth-order valence-corrected chi connectivity index (χ4v) is 8.95. The fraction of sp³-hybridized carbons (Fsp3) is 0. The van der Waals surface area contributed by atoms with Gasteiger partial charge < -0.3 is 4.57 Å². The molecule has 4 heteroatoms. The highest BCUT2D eigenvalue weighted by Gasteiger charge is 2.22. The van der Waals surface area contributed by atoms with Crippen molar-refractivity contribution in [2.45, 2.75) is 0 Å². The minimum absolute atomic E-state index is 0.808. The first-order valence-corrected chi connectivity index (χ1v) is 19.1. The highest BCUT2D eigenvalue weighted by Crippen LogP contribution is 2.42. The van der Waals surface area contributed by atoms with Crippen molar-refractivity contribution in [3.63, 3.8) is 0 Å². The molecule has 0 fully saturated rings. The molecule has 3 aromatic heterocycles. The highest BCUT2D eigenvalue weighted by atomic mass is 15.1. The molecule has 0 aliphatic rings. The molecule has 9 aromatic carbocycles. The molecule has 12 aromatic rings. The molecule has 0 aliphatic carbocycles. The van der Waals surface area contributed by atoms with Gasteiger partial charge >= 0.3 is 0 Å². The SMILES string of the molecule is c1ccc(-c2ccc(-c3nc4ccccc4nc3-n3c4ccc(-n5c6ccccc6c6c7ccccc7ccc65)cc4c4c5ccccc5ccc43)cc2)cc1. The van der Waals surface area contributed by atoms with Crippen LogP contribution in [-0.2, 0) is 0 Å². The van der Waals surface area contributed by atoms with Crippen molar-refractivity contribution in [2.24, 2.45) is 0 Å². The molecule has 260 valence electrons.